The van der Waals surface area contributed by atoms with E-state index in [4.69, 9.17) is 4.74 Å². The van der Waals surface area contributed by atoms with E-state index in [1.807, 2.05) is 12.3 Å². The number of anilines is 1. The van der Waals surface area contributed by atoms with Crippen molar-refractivity contribution >= 4 is 5.69 Å². The average molecular weight is 233 g/mol. The zero-order valence-corrected chi connectivity index (χ0v) is 9.98. The van der Waals surface area contributed by atoms with E-state index in [9.17, 15) is 0 Å². The van der Waals surface area contributed by atoms with Gasteiger partial charge in [0.15, 0.2) is 0 Å². The SMILES string of the molecule is c1cncc(N[C@@H]2CO[C@@]3(CCCNC3)C2)c1. The van der Waals surface area contributed by atoms with Gasteiger partial charge in [-0.05, 0) is 37.9 Å². The Morgan fingerprint density at radius 3 is 3.29 bits per heavy atom. The number of nitrogens with zero attached hydrogens (tertiary/aromatic N) is 1. The Morgan fingerprint density at radius 1 is 1.53 bits per heavy atom. The van der Waals surface area contributed by atoms with Crippen molar-refractivity contribution in [2.75, 3.05) is 25.0 Å². The monoisotopic (exact) mass is 233 g/mol. The summed E-state index contributed by atoms with van der Waals surface area (Å²) in [4.78, 5) is 4.12. The van der Waals surface area contributed by atoms with Crippen molar-refractivity contribution in [3.63, 3.8) is 0 Å². The fourth-order valence-electron chi connectivity index (χ4n) is 2.86. The summed E-state index contributed by atoms with van der Waals surface area (Å²) in [6, 6.07) is 4.42. The topological polar surface area (TPSA) is 46.2 Å². The molecule has 2 saturated heterocycles. The molecule has 1 aromatic heterocycles. The molecule has 0 aromatic carbocycles. The van der Waals surface area contributed by atoms with Crippen LogP contribution in [0.5, 0.6) is 0 Å². The second-order valence-corrected chi connectivity index (χ2v) is 5.06. The minimum Gasteiger partial charge on any atom is -0.379 e. The molecule has 92 valence electrons. The number of aromatic nitrogens is 1. The first-order valence-corrected chi connectivity index (χ1v) is 6.38. The summed E-state index contributed by atoms with van der Waals surface area (Å²) in [5.41, 5.74) is 1.17. The standard InChI is InChI=1S/C13H19N3O/c1-3-11(8-14-5-1)16-12-7-13(17-9-12)4-2-6-15-10-13/h1,3,5,8,12,15-16H,2,4,6-7,9-10H2/t12-,13-/m0/s1. The molecular weight excluding hydrogens is 214 g/mol. The van der Waals surface area contributed by atoms with Crippen LogP contribution in [-0.4, -0.2) is 36.3 Å². The molecule has 0 amide bonds. The van der Waals surface area contributed by atoms with Gasteiger partial charge in [0.25, 0.3) is 0 Å². The Hall–Kier alpha value is -1.13. The third kappa shape index (κ3) is 2.42. The van der Waals surface area contributed by atoms with E-state index in [1.165, 1.54) is 12.8 Å². The highest BCUT2D eigenvalue weighted by molar-refractivity contribution is 5.41. The summed E-state index contributed by atoms with van der Waals surface area (Å²) in [5, 5.41) is 6.93. The maximum absolute atomic E-state index is 6.02. The normalized spacial score (nSPS) is 32.8. The van der Waals surface area contributed by atoms with Crippen molar-refractivity contribution in [2.45, 2.75) is 30.9 Å². The van der Waals surface area contributed by atoms with Crippen molar-refractivity contribution in [3.05, 3.63) is 24.5 Å². The molecule has 4 nitrogen and oxygen atoms in total. The summed E-state index contributed by atoms with van der Waals surface area (Å²) >= 11 is 0. The first kappa shape index (κ1) is 11.0. The van der Waals surface area contributed by atoms with Crippen LogP contribution in [0.3, 0.4) is 0 Å². The average Bonchev–Trinajstić information content (AvgIpc) is 2.74. The highest BCUT2D eigenvalue weighted by Gasteiger charge is 2.41. The number of pyridine rings is 1. The van der Waals surface area contributed by atoms with Crippen molar-refractivity contribution in [1.29, 1.82) is 0 Å². The van der Waals surface area contributed by atoms with Gasteiger partial charge in [-0.2, -0.15) is 0 Å². The zero-order chi connectivity index (χ0) is 11.6. The Balaban J connectivity index is 1.60. The predicted octanol–water partition coefficient (Wildman–Crippen LogP) is 1.40. The quantitative estimate of drug-likeness (QED) is 0.810. The minimum absolute atomic E-state index is 0.0815. The van der Waals surface area contributed by atoms with Gasteiger partial charge in [-0.3, -0.25) is 4.98 Å². The first-order chi connectivity index (χ1) is 8.36. The lowest BCUT2D eigenvalue weighted by Crippen LogP contribution is -2.45. The lowest BCUT2D eigenvalue weighted by molar-refractivity contribution is -0.0138. The molecule has 0 radical (unpaired) electrons. The maximum Gasteiger partial charge on any atom is 0.0828 e. The third-order valence-corrected chi connectivity index (χ3v) is 3.67. The van der Waals surface area contributed by atoms with Crippen molar-refractivity contribution in [2.24, 2.45) is 0 Å². The van der Waals surface area contributed by atoms with Crippen molar-refractivity contribution in [3.8, 4) is 0 Å². The number of ether oxygens (including phenoxy) is 1. The van der Waals surface area contributed by atoms with Crippen LogP contribution in [0.25, 0.3) is 0 Å². The minimum atomic E-state index is 0.0815. The Kier molecular flexibility index (Phi) is 2.99. The molecule has 0 aliphatic carbocycles. The highest BCUT2D eigenvalue weighted by atomic mass is 16.5. The summed E-state index contributed by atoms with van der Waals surface area (Å²) in [6.07, 6.45) is 7.16. The highest BCUT2D eigenvalue weighted by Crippen LogP contribution is 2.33. The van der Waals surface area contributed by atoms with E-state index in [1.54, 1.807) is 6.20 Å². The van der Waals surface area contributed by atoms with Crippen LogP contribution >= 0.6 is 0 Å². The Labute approximate surface area is 102 Å². The molecule has 2 atom stereocenters. The maximum atomic E-state index is 6.02. The van der Waals surface area contributed by atoms with Crippen LogP contribution in [0.15, 0.2) is 24.5 Å². The molecule has 4 heteroatoms. The van der Waals surface area contributed by atoms with Crippen LogP contribution in [0, 0.1) is 0 Å². The predicted molar refractivity (Wildman–Crippen MR) is 67.1 cm³/mol. The molecule has 0 bridgehead atoms. The fourth-order valence-corrected chi connectivity index (χ4v) is 2.86. The lowest BCUT2D eigenvalue weighted by Gasteiger charge is -2.33. The fraction of sp³-hybridized carbons (Fsp3) is 0.615. The lowest BCUT2D eigenvalue weighted by atomic mass is 9.90. The molecule has 2 aliphatic rings. The van der Waals surface area contributed by atoms with E-state index >= 15 is 0 Å². The van der Waals surface area contributed by atoms with Crippen LogP contribution in [0.1, 0.15) is 19.3 Å². The molecular formula is C13H19N3O. The second kappa shape index (κ2) is 4.63. The van der Waals surface area contributed by atoms with E-state index in [2.05, 4.69) is 21.7 Å². The summed E-state index contributed by atoms with van der Waals surface area (Å²) in [7, 11) is 0. The third-order valence-electron chi connectivity index (χ3n) is 3.67. The van der Waals surface area contributed by atoms with Gasteiger partial charge in [0.05, 0.1) is 23.9 Å². The second-order valence-electron chi connectivity index (χ2n) is 5.06. The number of piperidine rings is 1. The number of hydrogen-bond donors (Lipinski definition) is 2. The molecule has 1 spiro atoms. The van der Waals surface area contributed by atoms with Crippen molar-refractivity contribution in [1.82, 2.24) is 10.3 Å². The zero-order valence-electron chi connectivity index (χ0n) is 9.98. The number of nitrogens with one attached hydrogen (secondary N) is 2. The van der Waals surface area contributed by atoms with Gasteiger partial charge in [0, 0.05) is 18.9 Å². The van der Waals surface area contributed by atoms with Gasteiger partial charge in [0.1, 0.15) is 0 Å². The van der Waals surface area contributed by atoms with E-state index < -0.39 is 0 Å². The van der Waals surface area contributed by atoms with Crippen LogP contribution in [-0.2, 0) is 4.74 Å². The van der Waals surface area contributed by atoms with E-state index in [-0.39, 0.29) is 5.60 Å². The Bertz CT molecular complexity index is 362. The Morgan fingerprint density at radius 2 is 2.53 bits per heavy atom. The van der Waals surface area contributed by atoms with Crippen LogP contribution < -0.4 is 10.6 Å². The largest absolute Gasteiger partial charge is 0.379 e. The molecule has 2 N–H and O–H groups in total. The summed E-state index contributed by atoms with van der Waals surface area (Å²) in [5.74, 6) is 0. The van der Waals surface area contributed by atoms with Gasteiger partial charge in [0.2, 0.25) is 0 Å². The van der Waals surface area contributed by atoms with Crippen molar-refractivity contribution < 1.29 is 4.74 Å². The molecule has 0 saturated carbocycles. The molecule has 1 aromatic rings. The summed E-state index contributed by atoms with van der Waals surface area (Å²) in [6.45, 7) is 2.93. The van der Waals surface area contributed by atoms with Crippen LogP contribution in [0.4, 0.5) is 5.69 Å². The van der Waals surface area contributed by atoms with Gasteiger partial charge in [-0.1, -0.05) is 0 Å². The molecule has 2 aliphatic heterocycles. The molecule has 0 unspecified atom stereocenters. The van der Waals surface area contributed by atoms with Crippen LogP contribution in [0.2, 0.25) is 0 Å². The summed E-state index contributed by atoms with van der Waals surface area (Å²) < 4.78 is 6.02. The smallest absolute Gasteiger partial charge is 0.0828 e. The van der Waals surface area contributed by atoms with Gasteiger partial charge < -0.3 is 15.4 Å². The molecule has 3 heterocycles. The van der Waals surface area contributed by atoms with Gasteiger partial charge in [-0.25, -0.2) is 0 Å². The molecule has 17 heavy (non-hydrogen) atoms. The first-order valence-electron chi connectivity index (χ1n) is 6.38. The number of rotatable bonds is 2. The van der Waals surface area contributed by atoms with E-state index in [0.29, 0.717) is 6.04 Å². The van der Waals surface area contributed by atoms with Gasteiger partial charge in [-0.15, -0.1) is 0 Å². The van der Waals surface area contributed by atoms with E-state index in [0.717, 1.165) is 31.8 Å². The number of hydrogen-bond acceptors (Lipinski definition) is 4. The molecule has 3 rings (SSSR count). The molecule has 2 fully saturated rings. The van der Waals surface area contributed by atoms with Gasteiger partial charge >= 0.3 is 0 Å².